The van der Waals surface area contributed by atoms with Gasteiger partial charge in [0.1, 0.15) is 0 Å². The Bertz CT molecular complexity index is 501. The Balaban J connectivity index is 1.90. The predicted octanol–water partition coefficient (Wildman–Crippen LogP) is 2.05. The van der Waals surface area contributed by atoms with E-state index in [1.807, 2.05) is 0 Å². The minimum absolute atomic E-state index is 0.00216. The summed E-state index contributed by atoms with van der Waals surface area (Å²) in [6, 6.07) is 6.96. The SMILES string of the molecule is CCOC(=O)Nc1ccc(NC(=O)[C@@H]2CNC[C@H]2C)cc1. The maximum atomic E-state index is 12.1. The van der Waals surface area contributed by atoms with E-state index in [2.05, 4.69) is 22.9 Å². The van der Waals surface area contributed by atoms with E-state index in [0.29, 0.717) is 23.9 Å². The number of hydrogen-bond donors (Lipinski definition) is 3. The van der Waals surface area contributed by atoms with E-state index >= 15 is 0 Å². The van der Waals surface area contributed by atoms with Crippen LogP contribution in [0.2, 0.25) is 0 Å². The van der Waals surface area contributed by atoms with Crippen LogP contribution in [0.3, 0.4) is 0 Å². The van der Waals surface area contributed by atoms with Crippen LogP contribution in [0, 0.1) is 11.8 Å². The van der Waals surface area contributed by atoms with Gasteiger partial charge in [0, 0.05) is 17.9 Å². The van der Waals surface area contributed by atoms with Gasteiger partial charge in [-0.15, -0.1) is 0 Å². The number of carbonyl (C=O) groups is 2. The molecule has 21 heavy (non-hydrogen) atoms. The van der Waals surface area contributed by atoms with Crippen LogP contribution in [0.5, 0.6) is 0 Å². The van der Waals surface area contributed by atoms with Crippen LogP contribution in [-0.4, -0.2) is 31.7 Å². The Labute approximate surface area is 124 Å². The fourth-order valence-corrected chi connectivity index (χ4v) is 2.32. The largest absolute Gasteiger partial charge is 0.450 e. The Morgan fingerprint density at radius 1 is 1.19 bits per heavy atom. The number of benzene rings is 1. The van der Waals surface area contributed by atoms with Crippen molar-refractivity contribution in [2.75, 3.05) is 30.3 Å². The summed E-state index contributed by atoms with van der Waals surface area (Å²) in [5.41, 5.74) is 1.34. The van der Waals surface area contributed by atoms with Gasteiger partial charge in [-0.3, -0.25) is 10.1 Å². The minimum Gasteiger partial charge on any atom is -0.450 e. The molecule has 0 spiro atoms. The van der Waals surface area contributed by atoms with Crippen LogP contribution < -0.4 is 16.0 Å². The van der Waals surface area contributed by atoms with Crippen molar-refractivity contribution in [1.82, 2.24) is 5.32 Å². The lowest BCUT2D eigenvalue weighted by Gasteiger charge is -2.14. The molecule has 1 heterocycles. The van der Waals surface area contributed by atoms with Gasteiger partial charge in [0.05, 0.1) is 12.5 Å². The Kier molecular flexibility index (Phi) is 5.16. The summed E-state index contributed by atoms with van der Waals surface area (Å²) in [4.78, 5) is 23.4. The number of rotatable bonds is 4. The van der Waals surface area contributed by atoms with Crippen LogP contribution in [0.15, 0.2) is 24.3 Å². The van der Waals surface area contributed by atoms with Gasteiger partial charge >= 0.3 is 6.09 Å². The van der Waals surface area contributed by atoms with Crippen molar-refractivity contribution >= 4 is 23.4 Å². The summed E-state index contributed by atoms with van der Waals surface area (Å²) in [6.07, 6.45) is -0.486. The zero-order valence-electron chi connectivity index (χ0n) is 12.3. The fourth-order valence-electron chi connectivity index (χ4n) is 2.32. The first kappa shape index (κ1) is 15.3. The molecule has 2 amide bonds. The minimum atomic E-state index is -0.486. The number of nitrogens with one attached hydrogen (secondary N) is 3. The Morgan fingerprint density at radius 2 is 1.81 bits per heavy atom. The predicted molar refractivity (Wildman–Crippen MR) is 81.2 cm³/mol. The molecule has 0 aromatic heterocycles. The molecule has 1 aromatic carbocycles. The number of amides is 2. The second-order valence-corrected chi connectivity index (χ2v) is 5.15. The summed E-state index contributed by atoms with van der Waals surface area (Å²) in [5, 5.41) is 8.71. The second-order valence-electron chi connectivity index (χ2n) is 5.15. The van der Waals surface area contributed by atoms with Crippen molar-refractivity contribution in [2.24, 2.45) is 11.8 Å². The first-order valence-corrected chi connectivity index (χ1v) is 7.15. The van der Waals surface area contributed by atoms with Crippen LogP contribution in [-0.2, 0) is 9.53 Å². The smallest absolute Gasteiger partial charge is 0.411 e. The molecule has 3 N–H and O–H groups in total. The highest BCUT2D eigenvalue weighted by Gasteiger charge is 2.29. The third kappa shape index (κ3) is 4.19. The Hall–Kier alpha value is -2.08. The van der Waals surface area contributed by atoms with Crippen LogP contribution in [0.4, 0.5) is 16.2 Å². The second kappa shape index (κ2) is 7.08. The number of carbonyl (C=O) groups excluding carboxylic acids is 2. The molecular weight excluding hydrogens is 270 g/mol. The number of hydrogen-bond acceptors (Lipinski definition) is 4. The van der Waals surface area contributed by atoms with Gasteiger partial charge in [-0.2, -0.15) is 0 Å². The van der Waals surface area contributed by atoms with E-state index in [1.165, 1.54) is 0 Å². The Morgan fingerprint density at radius 3 is 2.33 bits per heavy atom. The van der Waals surface area contributed by atoms with Gasteiger partial charge in [0.15, 0.2) is 0 Å². The van der Waals surface area contributed by atoms with Crippen molar-refractivity contribution in [3.05, 3.63) is 24.3 Å². The highest BCUT2D eigenvalue weighted by Crippen LogP contribution is 2.19. The van der Waals surface area contributed by atoms with Crippen molar-refractivity contribution in [2.45, 2.75) is 13.8 Å². The summed E-state index contributed by atoms with van der Waals surface area (Å²) >= 11 is 0. The van der Waals surface area contributed by atoms with Gasteiger partial charge < -0.3 is 15.4 Å². The van der Waals surface area contributed by atoms with Crippen molar-refractivity contribution in [1.29, 1.82) is 0 Å². The van der Waals surface area contributed by atoms with Gasteiger partial charge in [0.2, 0.25) is 5.91 Å². The maximum absolute atomic E-state index is 12.1. The van der Waals surface area contributed by atoms with E-state index in [9.17, 15) is 9.59 Å². The van der Waals surface area contributed by atoms with Gasteiger partial charge in [-0.25, -0.2) is 4.79 Å². The van der Waals surface area contributed by atoms with Gasteiger partial charge in [-0.05, 0) is 43.7 Å². The molecular formula is C15H21N3O3. The highest BCUT2D eigenvalue weighted by atomic mass is 16.5. The van der Waals surface area contributed by atoms with Crippen LogP contribution >= 0.6 is 0 Å². The molecule has 1 saturated heterocycles. The molecule has 1 fully saturated rings. The number of ether oxygens (including phenoxy) is 1. The van der Waals surface area contributed by atoms with E-state index in [1.54, 1.807) is 31.2 Å². The summed E-state index contributed by atoms with van der Waals surface area (Å²) in [7, 11) is 0. The van der Waals surface area contributed by atoms with Crippen LogP contribution in [0.25, 0.3) is 0 Å². The molecule has 1 aliphatic rings. The molecule has 0 radical (unpaired) electrons. The first-order chi connectivity index (χ1) is 10.1. The third-order valence-corrected chi connectivity index (χ3v) is 3.53. The molecule has 1 aromatic rings. The molecule has 0 bridgehead atoms. The monoisotopic (exact) mass is 291 g/mol. The molecule has 114 valence electrons. The van der Waals surface area contributed by atoms with Gasteiger partial charge in [-0.1, -0.05) is 6.92 Å². The normalized spacial score (nSPS) is 20.9. The van der Waals surface area contributed by atoms with Crippen molar-refractivity contribution in [3.8, 4) is 0 Å². The van der Waals surface area contributed by atoms with E-state index in [4.69, 9.17) is 4.74 Å². The van der Waals surface area contributed by atoms with E-state index < -0.39 is 6.09 Å². The molecule has 6 nitrogen and oxygen atoms in total. The van der Waals surface area contributed by atoms with Crippen molar-refractivity contribution in [3.63, 3.8) is 0 Å². The average molecular weight is 291 g/mol. The number of anilines is 2. The standard InChI is InChI=1S/C15H21N3O3/c1-3-21-15(20)18-12-6-4-11(5-7-12)17-14(19)13-9-16-8-10(13)2/h4-7,10,13,16H,3,8-9H2,1-2H3,(H,17,19)(H,18,20)/t10-,13-/m1/s1. The summed E-state index contributed by atoms with van der Waals surface area (Å²) < 4.78 is 4.79. The zero-order valence-corrected chi connectivity index (χ0v) is 12.3. The molecule has 0 aliphatic carbocycles. The van der Waals surface area contributed by atoms with Crippen molar-refractivity contribution < 1.29 is 14.3 Å². The maximum Gasteiger partial charge on any atom is 0.411 e. The molecule has 2 rings (SSSR count). The molecule has 0 unspecified atom stereocenters. The zero-order chi connectivity index (χ0) is 15.2. The molecule has 0 saturated carbocycles. The van der Waals surface area contributed by atoms with Crippen LogP contribution in [0.1, 0.15) is 13.8 Å². The molecule has 6 heteroatoms. The molecule has 2 atom stereocenters. The van der Waals surface area contributed by atoms with E-state index in [0.717, 1.165) is 13.1 Å². The lowest BCUT2D eigenvalue weighted by Crippen LogP contribution is -2.27. The third-order valence-electron chi connectivity index (χ3n) is 3.53. The average Bonchev–Trinajstić information content (AvgIpc) is 2.87. The molecule has 1 aliphatic heterocycles. The summed E-state index contributed by atoms with van der Waals surface area (Å²) in [6.45, 7) is 5.73. The highest BCUT2D eigenvalue weighted by molar-refractivity contribution is 5.93. The van der Waals surface area contributed by atoms with Gasteiger partial charge in [0.25, 0.3) is 0 Å². The lowest BCUT2D eigenvalue weighted by atomic mass is 9.97. The lowest BCUT2D eigenvalue weighted by molar-refractivity contribution is -0.120. The topological polar surface area (TPSA) is 79.5 Å². The quantitative estimate of drug-likeness (QED) is 0.793. The van der Waals surface area contributed by atoms with E-state index in [-0.39, 0.29) is 11.8 Å². The summed E-state index contributed by atoms with van der Waals surface area (Å²) in [5.74, 6) is 0.371. The fraction of sp³-hybridized carbons (Fsp3) is 0.467. The first-order valence-electron chi connectivity index (χ1n) is 7.15.